The second-order valence-electron chi connectivity index (χ2n) is 7.28. The molecule has 3 aromatic carbocycles. The Kier molecular flexibility index (Phi) is 5.17. The topological polar surface area (TPSA) is 98.5 Å². The van der Waals surface area contributed by atoms with Crippen LogP contribution in [0.3, 0.4) is 0 Å². The van der Waals surface area contributed by atoms with Crippen LogP contribution in [0.2, 0.25) is 0 Å². The Morgan fingerprint density at radius 2 is 1.67 bits per heavy atom. The summed E-state index contributed by atoms with van der Waals surface area (Å²) < 4.78 is 33.6. The number of hydrogen-bond acceptors (Lipinski definition) is 5. The average Bonchev–Trinajstić information content (AvgIpc) is 3.15. The van der Waals surface area contributed by atoms with Gasteiger partial charge in [0.1, 0.15) is 11.5 Å². The van der Waals surface area contributed by atoms with Gasteiger partial charge in [0.15, 0.2) is 0 Å². The molecule has 1 aliphatic carbocycles. The third kappa shape index (κ3) is 4.28. The van der Waals surface area contributed by atoms with Crippen LogP contribution in [0.5, 0.6) is 11.5 Å². The lowest BCUT2D eigenvalue weighted by atomic mass is 10.1. The van der Waals surface area contributed by atoms with Gasteiger partial charge in [-0.15, -0.1) is 0 Å². The second-order valence-corrected chi connectivity index (χ2v) is 8.96. The Morgan fingerprint density at radius 3 is 2.40 bits per heavy atom. The van der Waals surface area contributed by atoms with Crippen molar-refractivity contribution in [1.29, 1.82) is 0 Å². The molecule has 4 rings (SSSR count). The number of sulfonamides is 1. The fraction of sp³-hybridized carbons (Fsp3) is 0.182. The van der Waals surface area contributed by atoms with E-state index in [9.17, 15) is 18.5 Å². The largest absolute Gasteiger partial charge is 0.457 e. The number of ether oxygens (including phenoxy) is 1. The van der Waals surface area contributed by atoms with Gasteiger partial charge in [0.25, 0.3) is 15.7 Å². The van der Waals surface area contributed by atoms with Crippen LogP contribution in [0.4, 0.5) is 11.4 Å². The highest BCUT2D eigenvalue weighted by Gasteiger charge is 2.18. The van der Waals surface area contributed by atoms with Crippen molar-refractivity contribution in [3.63, 3.8) is 0 Å². The first-order chi connectivity index (χ1) is 14.3. The summed E-state index contributed by atoms with van der Waals surface area (Å²) in [6.07, 6.45) is 3.11. The number of nitrogens with one attached hydrogen (secondary N) is 1. The molecule has 8 heteroatoms. The van der Waals surface area contributed by atoms with E-state index in [1.807, 2.05) is 25.1 Å². The number of fused-ring (bicyclic) bond motifs is 1. The van der Waals surface area contributed by atoms with Crippen molar-refractivity contribution in [3.05, 3.63) is 87.5 Å². The molecule has 0 atom stereocenters. The molecule has 154 valence electrons. The van der Waals surface area contributed by atoms with E-state index in [4.69, 9.17) is 4.74 Å². The summed E-state index contributed by atoms with van der Waals surface area (Å²) in [4.78, 5) is 10.8. The van der Waals surface area contributed by atoms with Crippen LogP contribution < -0.4 is 9.46 Å². The van der Waals surface area contributed by atoms with E-state index in [-0.39, 0.29) is 22.0 Å². The van der Waals surface area contributed by atoms with Crippen molar-refractivity contribution in [3.8, 4) is 11.5 Å². The molecule has 0 saturated carbocycles. The van der Waals surface area contributed by atoms with Gasteiger partial charge in [0.05, 0.1) is 21.6 Å². The van der Waals surface area contributed by atoms with Crippen molar-refractivity contribution in [2.45, 2.75) is 31.1 Å². The highest BCUT2D eigenvalue weighted by molar-refractivity contribution is 7.92. The van der Waals surface area contributed by atoms with Crippen LogP contribution in [0.1, 0.15) is 23.1 Å². The molecule has 0 heterocycles. The van der Waals surface area contributed by atoms with Gasteiger partial charge in [-0.2, -0.15) is 0 Å². The first kappa shape index (κ1) is 19.9. The number of nitro groups is 1. The molecular formula is C22H20N2O5S. The van der Waals surface area contributed by atoms with Gasteiger partial charge in [-0.25, -0.2) is 8.42 Å². The standard InChI is InChI=1S/C22H20N2O5S/c1-15-5-9-22(10-6-15)30(27,28)23-18-12-19(24(25)26)14-21(13-18)29-20-8-7-16-3-2-4-17(16)11-20/h5-14,23H,2-4H2,1H3. The quantitative estimate of drug-likeness (QED) is 0.444. The van der Waals surface area contributed by atoms with Gasteiger partial charge in [-0.3, -0.25) is 14.8 Å². The number of aryl methyl sites for hydroxylation is 3. The van der Waals surface area contributed by atoms with Gasteiger partial charge in [-0.1, -0.05) is 23.8 Å². The Balaban J connectivity index is 1.64. The summed E-state index contributed by atoms with van der Waals surface area (Å²) >= 11 is 0. The van der Waals surface area contributed by atoms with Gasteiger partial charge in [0, 0.05) is 12.1 Å². The molecule has 0 unspecified atom stereocenters. The SMILES string of the molecule is Cc1ccc(S(=O)(=O)Nc2cc(Oc3ccc4c(c3)CCC4)cc([N+](=O)[O-])c2)cc1. The van der Waals surface area contributed by atoms with Gasteiger partial charge in [0.2, 0.25) is 0 Å². The third-order valence-corrected chi connectivity index (χ3v) is 6.39. The minimum absolute atomic E-state index is 0.0564. The van der Waals surface area contributed by atoms with Crippen molar-refractivity contribution >= 4 is 21.4 Å². The van der Waals surface area contributed by atoms with Crippen LogP contribution in [-0.4, -0.2) is 13.3 Å². The molecule has 0 amide bonds. The van der Waals surface area contributed by atoms with E-state index < -0.39 is 14.9 Å². The van der Waals surface area contributed by atoms with Gasteiger partial charge >= 0.3 is 0 Å². The van der Waals surface area contributed by atoms with E-state index in [0.717, 1.165) is 24.8 Å². The van der Waals surface area contributed by atoms with E-state index in [1.165, 1.54) is 41.5 Å². The van der Waals surface area contributed by atoms with Crippen LogP contribution in [-0.2, 0) is 22.9 Å². The molecule has 0 radical (unpaired) electrons. The average molecular weight is 424 g/mol. The van der Waals surface area contributed by atoms with Crippen molar-refractivity contribution < 1.29 is 18.1 Å². The maximum Gasteiger partial charge on any atom is 0.275 e. The van der Waals surface area contributed by atoms with Gasteiger partial charge < -0.3 is 4.74 Å². The molecule has 0 fully saturated rings. The number of nitro benzene ring substituents is 1. The van der Waals surface area contributed by atoms with Crippen LogP contribution >= 0.6 is 0 Å². The molecule has 1 N–H and O–H groups in total. The van der Waals surface area contributed by atoms with Crippen molar-refractivity contribution in [2.75, 3.05) is 4.72 Å². The van der Waals surface area contributed by atoms with Crippen molar-refractivity contribution in [2.24, 2.45) is 0 Å². The number of anilines is 1. The minimum Gasteiger partial charge on any atom is -0.457 e. The fourth-order valence-corrected chi connectivity index (χ4v) is 4.53. The maximum absolute atomic E-state index is 12.7. The lowest BCUT2D eigenvalue weighted by Gasteiger charge is -2.12. The van der Waals surface area contributed by atoms with E-state index in [0.29, 0.717) is 5.75 Å². The lowest BCUT2D eigenvalue weighted by Crippen LogP contribution is -2.13. The summed E-state index contributed by atoms with van der Waals surface area (Å²) in [7, 11) is -3.90. The molecule has 0 aromatic heterocycles. The normalized spacial score (nSPS) is 13.0. The summed E-state index contributed by atoms with van der Waals surface area (Å²) in [5, 5.41) is 11.4. The highest BCUT2D eigenvalue weighted by atomic mass is 32.2. The van der Waals surface area contributed by atoms with E-state index in [1.54, 1.807) is 12.1 Å². The third-order valence-electron chi connectivity index (χ3n) is 4.99. The summed E-state index contributed by atoms with van der Waals surface area (Å²) in [5.74, 6) is 0.743. The highest BCUT2D eigenvalue weighted by Crippen LogP contribution is 2.33. The molecule has 7 nitrogen and oxygen atoms in total. The van der Waals surface area contributed by atoms with Crippen molar-refractivity contribution in [1.82, 2.24) is 0 Å². The van der Waals surface area contributed by atoms with E-state index >= 15 is 0 Å². The number of nitrogens with zero attached hydrogens (tertiary/aromatic N) is 1. The number of rotatable bonds is 6. The zero-order valence-electron chi connectivity index (χ0n) is 16.3. The van der Waals surface area contributed by atoms with Gasteiger partial charge in [-0.05, 0) is 61.6 Å². The zero-order chi connectivity index (χ0) is 21.3. The predicted octanol–water partition coefficient (Wildman–Crippen LogP) is 4.99. The number of non-ortho nitro benzene ring substituents is 1. The molecule has 0 saturated heterocycles. The zero-order valence-corrected chi connectivity index (χ0v) is 17.1. The Bertz CT molecular complexity index is 1220. The minimum atomic E-state index is -3.90. The summed E-state index contributed by atoms with van der Waals surface area (Å²) in [6, 6.07) is 16.0. The molecule has 0 spiro atoms. The smallest absolute Gasteiger partial charge is 0.275 e. The van der Waals surface area contributed by atoms with E-state index in [2.05, 4.69) is 4.72 Å². The lowest BCUT2D eigenvalue weighted by molar-refractivity contribution is -0.384. The molecule has 30 heavy (non-hydrogen) atoms. The number of benzene rings is 3. The predicted molar refractivity (Wildman–Crippen MR) is 114 cm³/mol. The first-order valence-electron chi connectivity index (χ1n) is 9.49. The van der Waals surface area contributed by atoms with Crippen LogP contribution in [0.15, 0.2) is 65.6 Å². The van der Waals surface area contributed by atoms with Crippen LogP contribution in [0, 0.1) is 17.0 Å². The first-order valence-corrected chi connectivity index (χ1v) is 11.0. The monoisotopic (exact) mass is 424 g/mol. The molecule has 3 aromatic rings. The molecule has 1 aliphatic rings. The summed E-state index contributed by atoms with van der Waals surface area (Å²) in [6.45, 7) is 1.85. The molecule has 0 aliphatic heterocycles. The Hall–Kier alpha value is -3.39. The molecule has 0 bridgehead atoms. The number of hydrogen-bond donors (Lipinski definition) is 1. The molecular weight excluding hydrogens is 404 g/mol. The fourth-order valence-electron chi connectivity index (χ4n) is 3.49. The van der Waals surface area contributed by atoms with Crippen LogP contribution in [0.25, 0.3) is 0 Å². The Labute approximate surface area is 174 Å². The maximum atomic E-state index is 12.7. The summed E-state index contributed by atoms with van der Waals surface area (Å²) in [5.41, 5.74) is 3.21. The Morgan fingerprint density at radius 1 is 0.933 bits per heavy atom. The second kappa shape index (κ2) is 7.79.